The van der Waals surface area contributed by atoms with Gasteiger partial charge in [-0.1, -0.05) is 24.3 Å². The minimum absolute atomic E-state index is 0.180. The van der Waals surface area contributed by atoms with Gasteiger partial charge in [-0.2, -0.15) is 0 Å². The zero-order valence-electron chi connectivity index (χ0n) is 15.9. The maximum atomic E-state index is 11.7. The van der Waals surface area contributed by atoms with Gasteiger partial charge in [0.2, 0.25) is 5.91 Å². The molecule has 3 aromatic rings. The Kier molecular flexibility index (Phi) is 5.23. The van der Waals surface area contributed by atoms with Crippen LogP contribution in [0.15, 0.2) is 41.8 Å². The highest BCUT2D eigenvalue weighted by Gasteiger charge is 2.19. The first-order valence-corrected chi connectivity index (χ1v) is 10.4. The number of carbonyl (C=O) groups excluding carboxylic acids is 1. The largest absolute Gasteiger partial charge is 0.342 e. The summed E-state index contributed by atoms with van der Waals surface area (Å²) in [5.41, 5.74) is 4.67. The van der Waals surface area contributed by atoms with Crippen LogP contribution in [0.1, 0.15) is 24.5 Å². The molecule has 0 atom stereocenters. The molecule has 0 radical (unpaired) electrons. The van der Waals surface area contributed by atoms with E-state index in [2.05, 4.69) is 53.6 Å². The number of nitrogens with zero attached hydrogens (tertiary/aromatic N) is 3. The number of amides is 1. The molecule has 1 fully saturated rings. The zero-order chi connectivity index (χ0) is 18.8. The highest BCUT2D eigenvalue weighted by Crippen LogP contribution is 2.31. The van der Waals surface area contributed by atoms with Gasteiger partial charge in [0, 0.05) is 45.0 Å². The Bertz CT molecular complexity index is 952. The summed E-state index contributed by atoms with van der Waals surface area (Å²) < 4.78 is 0. The van der Waals surface area contributed by atoms with E-state index in [0.717, 1.165) is 50.4 Å². The maximum Gasteiger partial charge on any atom is 0.219 e. The summed E-state index contributed by atoms with van der Waals surface area (Å²) in [5.74, 6) is 0.180. The topological polar surface area (TPSA) is 36.4 Å². The summed E-state index contributed by atoms with van der Waals surface area (Å²) in [7, 11) is 0. The van der Waals surface area contributed by atoms with E-state index in [1.165, 1.54) is 21.4 Å². The van der Waals surface area contributed by atoms with Crippen molar-refractivity contribution < 1.29 is 4.79 Å². The molecular formula is C22H25N3OS. The van der Waals surface area contributed by atoms with E-state index >= 15 is 0 Å². The summed E-state index contributed by atoms with van der Waals surface area (Å²) in [4.78, 5) is 22.4. The predicted octanol–water partition coefficient (Wildman–Crippen LogP) is 4.33. The van der Waals surface area contributed by atoms with Gasteiger partial charge in [0.1, 0.15) is 0 Å². The van der Waals surface area contributed by atoms with Crippen LogP contribution in [0, 0.1) is 6.92 Å². The Hall–Kier alpha value is -2.24. The third-order valence-corrected chi connectivity index (χ3v) is 6.19. The average molecular weight is 380 g/mol. The SMILES string of the molecule is CC(=O)N1CCCN(Cc2cc3cccc(C)c3nc2-c2cccs2)CC1. The van der Waals surface area contributed by atoms with Gasteiger partial charge >= 0.3 is 0 Å². The van der Waals surface area contributed by atoms with Crippen molar-refractivity contribution in [3.8, 4) is 10.6 Å². The minimum atomic E-state index is 0.180. The number of hydrogen-bond donors (Lipinski definition) is 0. The third-order valence-electron chi connectivity index (χ3n) is 5.31. The molecule has 1 aliphatic rings. The van der Waals surface area contributed by atoms with Crippen LogP contribution in [-0.4, -0.2) is 46.9 Å². The van der Waals surface area contributed by atoms with E-state index in [1.807, 2.05) is 4.90 Å². The van der Waals surface area contributed by atoms with Gasteiger partial charge in [0.15, 0.2) is 0 Å². The molecule has 0 bridgehead atoms. The van der Waals surface area contributed by atoms with Gasteiger partial charge in [0.25, 0.3) is 0 Å². The van der Waals surface area contributed by atoms with E-state index in [1.54, 1.807) is 18.3 Å². The number of hydrogen-bond acceptors (Lipinski definition) is 4. The molecule has 1 saturated heterocycles. The van der Waals surface area contributed by atoms with Crippen molar-refractivity contribution in [1.29, 1.82) is 0 Å². The molecule has 0 aliphatic carbocycles. The van der Waals surface area contributed by atoms with Gasteiger partial charge in [-0.3, -0.25) is 9.69 Å². The summed E-state index contributed by atoms with van der Waals surface area (Å²) >= 11 is 1.74. The molecule has 1 aliphatic heterocycles. The number of fused-ring (bicyclic) bond motifs is 1. The van der Waals surface area contributed by atoms with Gasteiger partial charge in [-0.25, -0.2) is 4.98 Å². The molecule has 0 unspecified atom stereocenters. The number of aryl methyl sites for hydroxylation is 1. The number of benzene rings is 1. The van der Waals surface area contributed by atoms with Crippen molar-refractivity contribution in [3.05, 3.63) is 52.9 Å². The monoisotopic (exact) mass is 379 g/mol. The maximum absolute atomic E-state index is 11.7. The molecule has 0 N–H and O–H groups in total. The fraction of sp³-hybridized carbons (Fsp3) is 0.364. The smallest absolute Gasteiger partial charge is 0.219 e. The van der Waals surface area contributed by atoms with Crippen LogP contribution in [-0.2, 0) is 11.3 Å². The van der Waals surface area contributed by atoms with Crippen LogP contribution in [0.2, 0.25) is 0 Å². The van der Waals surface area contributed by atoms with Crippen molar-refractivity contribution in [3.63, 3.8) is 0 Å². The summed E-state index contributed by atoms with van der Waals surface area (Å²) in [6, 6.07) is 12.9. The second-order valence-electron chi connectivity index (χ2n) is 7.26. The second-order valence-corrected chi connectivity index (χ2v) is 8.20. The van der Waals surface area contributed by atoms with Crippen LogP contribution >= 0.6 is 11.3 Å². The lowest BCUT2D eigenvalue weighted by Gasteiger charge is -2.22. The number of thiophene rings is 1. The zero-order valence-corrected chi connectivity index (χ0v) is 16.8. The number of rotatable bonds is 3. The van der Waals surface area contributed by atoms with Gasteiger partial charge in [-0.05, 0) is 42.0 Å². The van der Waals surface area contributed by atoms with Crippen molar-refractivity contribution >= 4 is 28.1 Å². The predicted molar refractivity (Wildman–Crippen MR) is 112 cm³/mol. The molecule has 5 heteroatoms. The first-order chi connectivity index (χ1) is 13.1. The minimum Gasteiger partial charge on any atom is -0.342 e. The van der Waals surface area contributed by atoms with Gasteiger partial charge < -0.3 is 4.90 Å². The fourth-order valence-electron chi connectivity index (χ4n) is 3.82. The Labute approximate surface area is 164 Å². The van der Waals surface area contributed by atoms with Gasteiger partial charge in [-0.15, -0.1) is 11.3 Å². The van der Waals surface area contributed by atoms with Crippen molar-refractivity contribution in [2.24, 2.45) is 0 Å². The van der Waals surface area contributed by atoms with Crippen LogP contribution in [0.3, 0.4) is 0 Å². The van der Waals surface area contributed by atoms with Crippen molar-refractivity contribution in [2.45, 2.75) is 26.8 Å². The van der Waals surface area contributed by atoms with E-state index in [-0.39, 0.29) is 5.91 Å². The molecule has 0 saturated carbocycles. The molecular weight excluding hydrogens is 354 g/mol. The molecule has 0 spiro atoms. The lowest BCUT2D eigenvalue weighted by molar-refractivity contribution is -0.128. The Balaban J connectivity index is 1.68. The number of aromatic nitrogens is 1. The van der Waals surface area contributed by atoms with Crippen molar-refractivity contribution in [2.75, 3.05) is 26.2 Å². The van der Waals surface area contributed by atoms with Crippen LogP contribution in [0.4, 0.5) is 0 Å². The Morgan fingerprint density at radius 2 is 2.04 bits per heavy atom. The lowest BCUT2D eigenvalue weighted by atomic mass is 10.0. The highest BCUT2D eigenvalue weighted by molar-refractivity contribution is 7.13. The lowest BCUT2D eigenvalue weighted by Crippen LogP contribution is -2.33. The molecule has 1 aromatic carbocycles. The average Bonchev–Trinajstić information content (AvgIpc) is 3.08. The van der Waals surface area contributed by atoms with Crippen LogP contribution in [0.25, 0.3) is 21.5 Å². The number of carbonyl (C=O) groups is 1. The molecule has 1 amide bonds. The summed E-state index contributed by atoms with van der Waals surface area (Å²) in [6.07, 6.45) is 1.02. The first-order valence-electron chi connectivity index (χ1n) is 9.53. The van der Waals surface area contributed by atoms with E-state index in [9.17, 15) is 4.79 Å². The fourth-order valence-corrected chi connectivity index (χ4v) is 4.57. The summed E-state index contributed by atoms with van der Waals surface area (Å²) in [6.45, 7) is 8.26. The first kappa shape index (κ1) is 18.1. The van der Waals surface area contributed by atoms with Crippen molar-refractivity contribution in [1.82, 2.24) is 14.8 Å². The van der Waals surface area contributed by atoms with Crippen LogP contribution < -0.4 is 0 Å². The molecule has 27 heavy (non-hydrogen) atoms. The quantitative estimate of drug-likeness (QED) is 0.680. The molecule has 4 rings (SSSR count). The molecule has 4 nitrogen and oxygen atoms in total. The Morgan fingerprint density at radius 3 is 2.81 bits per heavy atom. The van der Waals surface area contributed by atoms with E-state index in [0.29, 0.717) is 0 Å². The third kappa shape index (κ3) is 3.89. The van der Waals surface area contributed by atoms with Crippen LogP contribution in [0.5, 0.6) is 0 Å². The molecule has 140 valence electrons. The van der Waals surface area contributed by atoms with E-state index in [4.69, 9.17) is 4.98 Å². The molecule has 2 aromatic heterocycles. The number of pyridine rings is 1. The molecule has 3 heterocycles. The van der Waals surface area contributed by atoms with Gasteiger partial charge in [0.05, 0.1) is 16.1 Å². The summed E-state index contributed by atoms with van der Waals surface area (Å²) in [5, 5.41) is 3.31. The Morgan fingerprint density at radius 1 is 1.15 bits per heavy atom. The second kappa shape index (κ2) is 7.79. The standard InChI is InChI=1S/C22H25N3OS/c1-16-6-3-7-18-14-19(22(23-21(16)18)20-8-4-13-27-20)15-24-9-5-10-25(12-11-24)17(2)26/h3-4,6-8,13-14H,5,9-12,15H2,1-2H3. The van der Waals surface area contributed by atoms with E-state index < -0.39 is 0 Å². The normalized spacial score (nSPS) is 15.9. The highest BCUT2D eigenvalue weighted by atomic mass is 32.1. The number of para-hydroxylation sites is 1.